The van der Waals surface area contributed by atoms with Crippen LogP contribution < -0.4 is 20.3 Å². The van der Waals surface area contributed by atoms with Crippen molar-refractivity contribution in [2.24, 2.45) is 5.41 Å². The van der Waals surface area contributed by atoms with Gasteiger partial charge >= 0.3 is 0 Å². The van der Waals surface area contributed by atoms with Gasteiger partial charge in [-0.2, -0.15) is 0 Å². The third kappa shape index (κ3) is 5.35. The molecule has 2 aromatic carbocycles. The summed E-state index contributed by atoms with van der Waals surface area (Å²) in [5, 5.41) is 6.58. The molecule has 0 radical (unpaired) electrons. The Morgan fingerprint density at radius 2 is 1.86 bits per heavy atom. The van der Waals surface area contributed by atoms with E-state index in [9.17, 15) is 9.59 Å². The molecule has 2 N–H and O–H groups in total. The van der Waals surface area contributed by atoms with Crippen LogP contribution in [0.5, 0.6) is 5.75 Å². The highest BCUT2D eigenvalue weighted by Crippen LogP contribution is 2.49. The monoisotopic (exact) mass is 477 g/mol. The van der Waals surface area contributed by atoms with E-state index in [-0.39, 0.29) is 23.7 Å². The van der Waals surface area contributed by atoms with E-state index in [1.165, 1.54) is 0 Å². The lowest BCUT2D eigenvalue weighted by molar-refractivity contribution is -0.120. The summed E-state index contributed by atoms with van der Waals surface area (Å²) >= 11 is 0. The molecule has 1 unspecified atom stereocenters. The maximum Gasteiger partial charge on any atom is 0.239 e. The molecule has 0 spiro atoms. The summed E-state index contributed by atoms with van der Waals surface area (Å²) in [5.74, 6) is 0.674. The van der Waals surface area contributed by atoms with Crippen LogP contribution in [0.3, 0.4) is 0 Å². The van der Waals surface area contributed by atoms with Crippen LogP contribution in [0.15, 0.2) is 59.8 Å². The van der Waals surface area contributed by atoms with Gasteiger partial charge in [0.1, 0.15) is 5.75 Å². The van der Waals surface area contributed by atoms with Crippen molar-refractivity contribution < 1.29 is 19.1 Å². The molecule has 0 fully saturated rings. The number of ketones is 1. The SMILES string of the molecule is COCCCNC(=O)CN1c2ccccc2NC2=C(C(=O)CC(C)(C)C2)C1c1ccccc1OC. The molecule has 4 rings (SSSR count). The second kappa shape index (κ2) is 10.5. The Bertz CT molecular complexity index is 1120. The predicted octanol–water partition coefficient (Wildman–Crippen LogP) is 4.46. The molecule has 7 nitrogen and oxygen atoms in total. The molecule has 1 amide bonds. The van der Waals surface area contributed by atoms with Gasteiger partial charge < -0.3 is 25.0 Å². The van der Waals surface area contributed by atoms with E-state index in [4.69, 9.17) is 9.47 Å². The van der Waals surface area contributed by atoms with Gasteiger partial charge in [-0.1, -0.05) is 44.2 Å². The van der Waals surface area contributed by atoms with Crippen molar-refractivity contribution in [1.29, 1.82) is 0 Å². The number of anilines is 2. The van der Waals surface area contributed by atoms with Crippen LogP contribution in [0.2, 0.25) is 0 Å². The molecule has 35 heavy (non-hydrogen) atoms. The molecule has 1 aliphatic carbocycles. The van der Waals surface area contributed by atoms with Crippen molar-refractivity contribution in [2.45, 2.75) is 39.2 Å². The Hall–Kier alpha value is -3.32. The van der Waals surface area contributed by atoms with Gasteiger partial charge in [0, 0.05) is 43.5 Å². The molecular weight excluding hydrogens is 442 g/mol. The smallest absolute Gasteiger partial charge is 0.239 e. The lowest BCUT2D eigenvalue weighted by Gasteiger charge is -2.38. The van der Waals surface area contributed by atoms with Crippen LogP contribution in [0.1, 0.15) is 44.7 Å². The zero-order valence-electron chi connectivity index (χ0n) is 21.0. The molecule has 0 saturated heterocycles. The molecule has 1 aliphatic heterocycles. The first kappa shape index (κ1) is 24.8. The van der Waals surface area contributed by atoms with Gasteiger partial charge in [-0.15, -0.1) is 0 Å². The van der Waals surface area contributed by atoms with E-state index < -0.39 is 6.04 Å². The number of carbonyl (C=O) groups excluding carboxylic acids is 2. The standard InChI is InChI=1S/C28H35N3O4/c1-28(2)16-21-26(23(32)17-28)27(19-10-5-8-13-24(19)35-4)31(18-25(33)29-14-9-15-34-3)22-12-7-6-11-20(22)30-21/h5-8,10-13,27,30H,9,14-18H2,1-4H3,(H,29,33). The number of hydrogen-bond acceptors (Lipinski definition) is 6. The molecular formula is C28H35N3O4. The van der Waals surface area contributed by atoms with Crippen LogP contribution in [0.25, 0.3) is 0 Å². The predicted molar refractivity (Wildman–Crippen MR) is 138 cm³/mol. The van der Waals surface area contributed by atoms with Gasteiger partial charge in [-0.3, -0.25) is 9.59 Å². The highest BCUT2D eigenvalue weighted by Gasteiger charge is 2.42. The number of carbonyl (C=O) groups is 2. The zero-order chi connectivity index (χ0) is 25.0. The third-order valence-electron chi connectivity index (χ3n) is 6.60. The highest BCUT2D eigenvalue weighted by molar-refractivity contribution is 6.02. The van der Waals surface area contributed by atoms with Crippen molar-refractivity contribution >= 4 is 23.1 Å². The summed E-state index contributed by atoms with van der Waals surface area (Å²) in [6.07, 6.45) is 1.93. The largest absolute Gasteiger partial charge is 0.496 e. The van der Waals surface area contributed by atoms with Crippen molar-refractivity contribution in [1.82, 2.24) is 5.32 Å². The first-order chi connectivity index (χ1) is 16.8. The lowest BCUT2D eigenvalue weighted by atomic mass is 9.73. The molecule has 7 heteroatoms. The maximum atomic E-state index is 13.7. The van der Waals surface area contributed by atoms with Gasteiger partial charge in [-0.25, -0.2) is 0 Å². The van der Waals surface area contributed by atoms with Gasteiger partial charge in [0.2, 0.25) is 5.91 Å². The summed E-state index contributed by atoms with van der Waals surface area (Å²) in [7, 11) is 3.28. The number of nitrogens with zero attached hydrogens (tertiary/aromatic N) is 1. The second-order valence-electron chi connectivity index (χ2n) is 9.94. The summed E-state index contributed by atoms with van der Waals surface area (Å²) < 4.78 is 10.8. The molecule has 0 saturated carbocycles. The summed E-state index contributed by atoms with van der Waals surface area (Å²) in [4.78, 5) is 28.9. The van der Waals surface area contributed by atoms with Crippen molar-refractivity contribution in [3.63, 3.8) is 0 Å². The number of nitrogens with one attached hydrogen (secondary N) is 2. The minimum Gasteiger partial charge on any atom is -0.496 e. The Balaban J connectivity index is 1.85. The molecule has 186 valence electrons. The molecule has 2 aliphatic rings. The summed E-state index contributed by atoms with van der Waals surface area (Å²) in [6, 6.07) is 15.2. The summed E-state index contributed by atoms with van der Waals surface area (Å²) in [6.45, 7) is 5.46. The Morgan fingerprint density at radius 3 is 2.63 bits per heavy atom. The Morgan fingerprint density at radius 1 is 1.11 bits per heavy atom. The number of rotatable bonds is 8. The van der Waals surface area contributed by atoms with E-state index in [0.29, 0.717) is 30.9 Å². The van der Waals surface area contributed by atoms with Crippen molar-refractivity contribution in [3.8, 4) is 5.75 Å². The molecule has 1 atom stereocenters. The quantitative estimate of drug-likeness (QED) is 0.547. The van der Waals surface area contributed by atoms with Crippen LogP contribution in [0.4, 0.5) is 11.4 Å². The zero-order valence-corrected chi connectivity index (χ0v) is 21.0. The second-order valence-corrected chi connectivity index (χ2v) is 9.94. The topological polar surface area (TPSA) is 79.9 Å². The molecule has 0 aromatic heterocycles. The Kier molecular flexibility index (Phi) is 7.45. The number of allylic oxidation sites excluding steroid dienone is 1. The number of benzene rings is 2. The number of amides is 1. The first-order valence-corrected chi connectivity index (χ1v) is 12.1. The van der Waals surface area contributed by atoms with Crippen molar-refractivity contribution in [2.75, 3.05) is 44.1 Å². The van der Waals surface area contributed by atoms with Gasteiger partial charge in [0.05, 0.1) is 31.1 Å². The molecule has 2 aromatic rings. The average Bonchev–Trinajstić information content (AvgIpc) is 2.95. The minimum absolute atomic E-state index is 0.0953. The minimum atomic E-state index is -0.467. The van der Waals surface area contributed by atoms with Crippen molar-refractivity contribution in [3.05, 3.63) is 65.4 Å². The average molecular weight is 478 g/mol. The lowest BCUT2D eigenvalue weighted by Crippen LogP contribution is -2.42. The fraction of sp³-hybridized carbons (Fsp3) is 0.429. The van der Waals surface area contributed by atoms with Crippen LogP contribution >= 0.6 is 0 Å². The van der Waals surface area contributed by atoms with E-state index in [1.807, 2.05) is 53.4 Å². The van der Waals surface area contributed by atoms with Gasteiger partial charge in [0.15, 0.2) is 5.78 Å². The van der Waals surface area contributed by atoms with Gasteiger partial charge in [0.25, 0.3) is 0 Å². The number of Topliss-reactive ketones (excluding diaryl/α,β-unsaturated/α-hetero) is 1. The highest BCUT2D eigenvalue weighted by atomic mass is 16.5. The number of hydrogen-bond donors (Lipinski definition) is 2. The Labute approximate surface area is 207 Å². The number of para-hydroxylation sites is 3. The number of ether oxygens (including phenoxy) is 2. The fourth-order valence-corrected chi connectivity index (χ4v) is 5.10. The fourth-order valence-electron chi connectivity index (χ4n) is 5.10. The first-order valence-electron chi connectivity index (χ1n) is 12.1. The van der Waals surface area contributed by atoms with Gasteiger partial charge in [-0.05, 0) is 36.5 Å². The van der Waals surface area contributed by atoms with E-state index in [2.05, 4.69) is 24.5 Å². The van der Waals surface area contributed by atoms with Crippen LogP contribution in [0, 0.1) is 5.41 Å². The number of fused-ring (bicyclic) bond motifs is 1. The third-order valence-corrected chi connectivity index (χ3v) is 6.60. The van der Waals surface area contributed by atoms with Crippen LogP contribution in [-0.4, -0.2) is 45.6 Å². The molecule has 0 bridgehead atoms. The number of methoxy groups -OCH3 is 2. The van der Waals surface area contributed by atoms with Crippen LogP contribution in [-0.2, 0) is 14.3 Å². The normalized spacial score (nSPS) is 18.8. The van der Waals surface area contributed by atoms with E-state index in [1.54, 1.807) is 14.2 Å². The van der Waals surface area contributed by atoms with E-state index in [0.717, 1.165) is 35.5 Å². The maximum absolute atomic E-state index is 13.7. The van der Waals surface area contributed by atoms with E-state index >= 15 is 0 Å². The molecule has 1 heterocycles. The summed E-state index contributed by atoms with van der Waals surface area (Å²) in [5.41, 5.74) is 4.08.